The summed E-state index contributed by atoms with van der Waals surface area (Å²) in [5, 5.41) is 30.8. The molecule has 0 spiro atoms. The van der Waals surface area contributed by atoms with Crippen LogP contribution in [0.5, 0.6) is 0 Å². The molecule has 1 saturated heterocycles. The molecule has 0 aliphatic carbocycles. The molecule has 1 aliphatic heterocycles. The molecule has 198 valence electrons. The Morgan fingerprint density at radius 3 is 2.05 bits per heavy atom. The van der Waals surface area contributed by atoms with Crippen molar-refractivity contribution >= 4 is 28.8 Å². The second-order valence-corrected chi connectivity index (χ2v) is 10.1. The number of aromatic carboxylic acids is 1. The van der Waals surface area contributed by atoms with Gasteiger partial charge in [-0.05, 0) is 30.2 Å². The predicted octanol–water partition coefficient (Wildman–Crippen LogP) is 4.60. The molecule has 2 heterocycles. The zero-order chi connectivity index (χ0) is 27.4. The first-order valence-electron chi connectivity index (χ1n) is 11.5. The SMILES string of the molecule is Cc1nc2c(C(=O)O)cc(-c3c(F)c(F)c(-c4ccc(C(O)(O)N5CCSCC5)cc4)c(F)c3F)cc2[nH]1. The minimum absolute atomic E-state index is 0.0240. The molecule has 4 N–H and O–H groups in total. The molecule has 12 heteroatoms. The summed E-state index contributed by atoms with van der Waals surface area (Å²) in [7, 11) is 0. The van der Waals surface area contributed by atoms with Crippen molar-refractivity contribution in [1.82, 2.24) is 14.9 Å². The minimum atomic E-state index is -2.33. The second kappa shape index (κ2) is 9.70. The fraction of sp³-hybridized carbons (Fsp3) is 0.231. The van der Waals surface area contributed by atoms with E-state index in [1.807, 2.05) is 0 Å². The Morgan fingerprint density at radius 1 is 0.947 bits per heavy atom. The van der Waals surface area contributed by atoms with E-state index in [1.54, 1.807) is 18.7 Å². The van der Waals surface area contributed by atoms with Gasteiger partial charge < -0.3 is 20.3 Å². The quantitative estimate of drug-likeness (QED) is 0.164. The number of fused-ring (bicyclic) bond motifs is 1. The van der Waals surface area contributed by atoms with Crippen LogP contribution in [0.4, 0.5) is 17.6 Å². The Bertz CT molecular complexity index is 1540. The molecule has 1 aromatic heterocycles. The maximum atomic E-state index is 15.3. The van der Waals surface area contributed by atoms with Crippen LogP contribution in [0.1, 0.15) is 21.7 Å². The normalized spacial score (nSPS) is 14.8. The van der Waals surface area contributed by atoms with Crippen LogP contribution in [0.15, 0.2) is 36.4 Å². The Balaban J connectivity index is 1.59. The molecule has 5 rings (SSSR count). The summed E-state index contributed by atoms with van der Waals surface area (Å²) < 4.78 is 61.1. The zero-order valence-corrected chi connectivity index (χ0v) is 20.7. The monoisotopic (exact) mass is 547 g/mol. The molecule has 0 unspecified atom stereocenters. The van der Waals surface area contributed by atoms with Crippen molar-refractivity contribution in [3.8, 4) is 22.3 Å². The number of hydrogen-bond acceptors (Lipinski definition) is 6. The van der Waals surface area contributed by atoms with Crippen LogP contribution in [-0.4, -0.2) is 60.8 Å². The molecule has 0 saturated carbocycles. The fourth-order valence-corrected chi connectivity index (χ4v) is 5.51. The Morgan fingerprint density at radius 2 is 1.50 bits per heavy atom. The number of imidazole rings is 1. The molecule has 0 radical (unpaired) electrons. The highest BCUT2D eigenvalue weighted by Crippen LogP contribution is 2.39. The summed E-state index contributed by atoms with van der Waals surface area (Å²) in [5.41, 5.74) is -2.89. The molecule has 7 nitrogen and oxygen atoms in total. The summed E-state index contributed by atoms with van der Waals surface area (Å²) in [6.07, 6.45) is 0. The van der Waals surface area contributed by atoms with Gasteiger partial charge in [0.1, 0.15) is 11.3 Å². The van der Waals surface area contributed by atoms with Crippen molar-refractivity contribution in [3.05, 3.63) is 76.6 Å². The van der Waals surface area contributed by atoms with Crippen LogP contribution >= 0.6 is 11.8 Å². The molecule has 38 heavy (non-hydrogen) atoms. The molecule has 0 amide bonds. The van der Waals surface area contributed by atoms with Gasteiger partial charge in [0.05, 0.1) is 22.2 Å². The first kappa shape index (κ1) is 26.2. The number of carboxylic acid groups (broad SMARTS) is 1. The molecule has 0 bridgehead atoms. The van der Waals surface area contributed by atoms with Crippen LogP contribution in [0.25, 0.3) is 33.3 Å². The maximum absolute atomic E-state index is 15.3. The van der Waals surface area contributed by atoms with Gasteiger partial charge in [0.15, 0.2) is 23.3 Å². The number of carbonyl (C=O) groups is 1. The van der Waals surface area contributed by atoms with Gasteiger partial charge in [-0.2, -0.15) is 11.8 Å². The fourth-order valence-electron chi connectivity index (χ4n) is 4.60. The Kier molecular flexibility index (Phi) is 6.68. The van der Waals surface area contributed by atoms with Gasteiger partial charge in [0, 0.05) is 30.2 Å². The van der Waals surface area contributed by atoms with Crippen molar-refractivity contribution < 1.29 is 37.7 Å². The number of benzene rings is 3. The molecular weight excluding hydrogens is 526 g/mol. The molecule has 3 aromatic carbocycles. The third-order valence-corrected chi connectivity index (χ3v) is 7.44. The summed E-state index contributed by atoms with van der Waals surface area (Å²) in [6, 6.07) is 6.77. The minimum Gasteiger partial charge on any atom is -0.478 e. The van der Waals surface area contributed by atoms with E-state index in [0.29, 0.717) is 30.4 Å². The van der Waals surface area contributed by atoms with Crippen molar-refractivity contribution in [3.63, 3.8) is 0 Å². The lowest BCUT2D eigenvalue weighted by Gasteiger charge is -2.37. The van der Waals surface area contributed by atoms with Crippen LogP contribution < -0.4 is 0 Å². The number of aryl methyl sites for hydroxylation is 1. The van der Waals surface area contributed by atoms with Crippen molar-refractivity contribution in [1.29, 1.82) is 0 Å². The van der Waals surface area contributed by atoms with Crippen LogP contribution in [0.2, 0.25) is 0 Å². The number of nitrogens with one attached hydrogen (secondary N) is 1. The molecule has 1 fully saturated rings. The first-order chi connectivity index (χ1) is 18.0. The van der Waals surface area contributed by atoms with Crippen LogP contribution in [0.3, 0.4) is 0 Å². The van der Waals surface area contributed by atoms with Crippen LogP contribution in [0, 0.1) is 30.2 Å². The number of aromatic amines is 1. The number of halogens is 4. The summed E-state index contributed by atoms with van der Waals surface area (Å²) in [6.45, 7) is 2.37. The number of H-pyrrole nitrogens is 1. The predicted molar refractivity (Wildman–Crippen MR) is 134 cm³/mol. The standard InChI is InChI=1S/C26H21F4N3O4S/c1-12-31-17-11-14(10-16(25(34)35)24(17)32-12)19-22(29)20(27)18(21(28)23(19)30)13-2-4-15(5-3-13)26(36,37)33-6-8-38-9-7-33/h2-5,10-11,36-37H,6-9H2,1H3,(H,31,32)(H,34,35). The smallest absolute Gasteiger partial charge is 0.337 e. The lowest BCUT2D eigenvalue weighted by Crippen LogP contribution is -2.49. The third kappa shape index (κ3) is 4.33. The van der Waals surface area contributed by atoms with Crippen LogP contribution in [-0.2, 0) is 5.91 Å². The number of rotatable bonds is 5. The molecule has 0 atom stereocenters. The zero-order valence-electron chi connectivity index (χ0n) is 19.9. The van der Waals surface area contributed by atoms with E-state index in [0.717, 1.165) is 24.3 Å². The summed E-state index contributed by atoms with van der Waals surface area (Å²) >= 11 is 1.67. The topological polar surface area (TPSA) is 110 Å². The molecule has 1 aliphatic rings. The molecular formula is C26H21F4N3O4S. The van der Waals surface area contributed by atoms with Crippen molar-refractivity contribution in [2.45, 2.75) is 12.8 Å². The van der Waals surface area contributed by atoms with Gasteiger partial charge in [0.2, 0.25) is 0 Å². The number of thioether (sulfide) groups is 1. The highest BCUT2D eigenvalue weighted by Gasteiger charge is 2.35. The van der Waals surface area contributed by atoms with Gasteiger partial charge in [-0.15, -0.1) is 0 Å². The van der Waals surface area contributed by atoms with E-state index < -0.39 is 57.4 Å². The number of hydrogen-bond donors (Lipinski definition) is 4. The van der Waals surface area contributed by atoms with Crippen molar-refractivity contribution in [2.24, 2.45) is 0 Å². The Hall–Kier alpha value is -3.45. The van der Waals surface area contributed by atoms with E-state index in [4.69, 9.17) is 0 Å². The average molecular weight is 548 g/mol. The summed E-state index contributed by atoms with van der Waals surface area (Å²) in [5.74, 6) is -8.82. The maximum Gasteiger partial charge on any atom is 0.337 e. The Labute approximate surface area is 217 Å². The lowest BCUT2D eigenvalue weighted by molar-refractivity contribution is -0.273. The van der Waals surface area contributed by atoms with E-state index in [-0.39, 0.29) is 22.2 Å². The van der Waals surface area contributed by atoms with Gasteiger partial charge in [0.25, 0.3) is 5.91 Å². The van der Waals surface area contributed by atoms with Gasteiger partial charge in [-0.3, -0.25) is 0 Å². The number of aliphatic hydroxyl groups is 2. The van der Waals surface area contributed by atoms with Gasteiger partial charge in [-0.25, -0.2) is 32.2 Å². The highest BCUT2D eigenvalue weighted by molar-refractivity contribution is 7.99. The summed E-state index contributed by atoms with van der Waals surface area (Å²) in [4.78, 5) is 20.0. The average Bonchev–Trinajstić information content (AvgIpc) is 3.28. The van der Waals surface area contributed by atoms with Crippen molar-refractivity contribution in [2.75, 3.05) is 24.6 Å². The number of aromatic nitrogens is 2. The first-order valence-corrected chi connectivity index (χ1v) is 12.6. The number of carboxylic acids is 1. The third-order valence-electron chi connectivity index (χ3n) is 6.50. The van der Waals surface area contributed by atoms with Gasteiger partial charge >= 0.3 is 5.97 Å². The highest BCUT2D eigenvalue weighted by atomic mass is 32.2. The molecule has 4 aromatic rings. The number of nitrogens with zero attached hydrogens (tertiary/aromatic N) is 2. The van der Waals surface area contributed by atoms with Gasteiger partial charge in [-0.1, -0.05) is 24.3 Å². The van der Waals surface area contributed by atoms with E-state index in [9.17, 15) is 20.1 Å². The largest absolute Gasteiger partial charge is 0.478 e. The van der Waals surface area contributed by atoms with E-state index >= 15 is 17.6 Å². The van der Waals surface area contributed by atoms with E-state index in [2.05, 4.69) is 9.97 Å². The lowest BCUT2D eigenvalue weighted by atomic mass is 9.95. The van der Waals surface area contributed by atoms with E-state index in [1.165, 1.54) is 17.0 Å². The second-order valence-electron chi connectivity index (χ2n) is 8.87.